The minimum Gasteiger partial charge on any atom is -0.504 e. The van der Waals surface area contributed by atoms with Crippen molar-refractivity contribution in [3.05, 3.63) is 39.4 Å². The zero-order valence-corrected chi connectivity index (χ0v) is 37.5. The van der Waals surface area contributed by atoms with Crippen molar-refractivity contribution in [2.24, 2.45) is 0 Å². The van der Waals surface area contributed by atoms with Crippen LogP contribution in [0.15, 0.2) is 6.07 Å². The molecule has 1 unspecified atom stereocenters. The number of phenols is 1. The zero-order chi connectivity index (χ0) is 43.4. The molecule has 13 nitrogen and oxygen atoms in total. The maximum atomic E-state index is 13.9. The van der Waals surface area contributed by atoms with Gasteiger partial charge in [0.05, 0.1) is 30.5 Å². The van der Waals surface area contributed by atoms with E-state index in [0.29, 0.717) is 58.1 Å². The summed E-state index contributed by atoms with van der Waals surface area (Å²) in [5.74, 6) is 0.00270. The fourth-order valence-electron chi connectivity index (χ4n) is 10.5. The monoisotopic (exact) mass is 861 g/mol. The highest BCUT2D eigenvalue weighted by molar-refractivity contribution is 7.99. The number of piperazine rings is 1. The van der Waals surface area contributed by atoms with Crippen LogP contribution in [0.2, 0.25) is 0 Å². The van der Waals surface area contributed by atoms with Gasteiger partial charge >= 0.3 is 17.9 Å². The molecule has 8 rings (SSSR count). The summed E-state index contributed by atoms with van der Waals surface area (Å²) in [4.78, 5) is 44.4. The lowest BCUT2D eigenvalue weighted by Crippen LogP contribution is -2.69. The first-order chi connectivity index (χ1) is 29.5. The molecule has 0 spiro atoms. The van der Waals surface area contributed by atoms with Crippen LogP contribution in [0.25, 0.3) is 0 Å². The molecule has 0 saturated carbocycles. The highest BCUT2D eigenvalue weighted by Gasteiger charge is 2.61. The third kappa shape index (κ3) is 8.89. The Kier molecular flexibility index (Phi) is 14.6. The lowest BCUT2D eigenvalue weighted by molar-refractivity contribution is -0.169. The Labute approximate surface area is 364 Å². The third-order valence-corrected chi connectivity index (χ3v) is 14.7. The molecule has 61 heavy (non-hydrogen) atoms. The maximum Gasteiger partial charge on any atom is 0.348 e. The van der Waals surface area contributed by atoms with Crippen molar-refractivity contribution in [1.29, 1.82) is 5.26 Å². The number of hydrogen-bond donors (Lipinski definition) is 1. The fourth-order valence-corrected chi connectivity index (χ4v) is 12.0. The van der Waals surface area contributed by atoms with E-state index in [4.69, 9.17) is 28.4 Å². The summed E-state index contributed by atoms with van der Waals surface area (Å²) in [6.07, 6.45) is 15.0. The Hall–Kier alpha value is -4.19. The topological polar surface area (TPSA) is 157 Å². The van der Waals surface area contributed by atoms with E-state index < -0.39 is 53.4 Å². The Bertz CT molecular complexity index is 2000. The van der Waals surface area contributed by atoms with E-state index in [1.165, 1.54) is 83.6 Å². The summed E-state index contributed by atoms with van der Waals surface area (Å²) in [7, 11) is 3.51. The van der Waals surface area contributed by atoms with Crippen LogP contribution in [0.4, 0.5) is 0 Å². The zero-order valence-electron chi connectivity index (χ0n) is 36.7. The molecule has 6 aliphatic rings. The smallest absolute Gasteiger partial charge is 0.348 e. The van der Waals surface area contributed by atoms with Crippen molar-refractivity contribution in [1.82, 2.24) is 9.80 Å². The van der Waals surface area contributed by atoms with Gasteiger partial charge in [-0.15, -0.1) is 11.8 Å². The van der Waals surface area contributed by atoms with Gasteiger partial charge in [0.2, 0.25) is 12.9 Å². The van der Waals surface area contributed by atoms with Gasteiger partial charge in [-0.05, 0) is 44.9 Å². The standard InChI is InChI=1S/C47H63N3O10S/c1-7-8-9-10-11-12-13-14-15-16-17-18-19-20-35(52)60-34-25-61-46-38-37(45-44(57-26-58-45)28(3)43(38)59-29(4)51)33(24-56-47(34)54)50-32(23-48)31-22-30-21-27(2)42(55-6)41(53)36(30)39(40(46)50)49(31)5/h21,31-34,39-40,46,53H,7-20,22,24-26H2,1-6H3/t31-,32-,33-,34-,39+,40?,46+/m0/s1. The van der Waals surface area contributed by atoms with E-state index in [1.54, 1.807) is 0 Å². The molecule has 0 aliphatic carbocycles. The van der Waals surface area contributed by atoms with Gasteiger partial charge in [0, 0.05) is 53.4 Å². The molecule has 6 heterocycles. The number of esters is 3. The maximum absolute atomic E-state index is 13.9. The van der Waals surface area contributed by atoms with Crippen LogP contribution in [-0.4, -0.2) is 90.4 Å². The van der Waals surface area contributed by atoms with E-state index >= 15 is 0 Å². The molecule has 0 amide bonds. The second kappa shape index (κ2) is 19.9. The van der Waals surface area contributed by atoms with Gasteiger partial charge in [-0.1, -0.05) is 90.0 Å². The SMILES string of the molecule is CCCCCCCCCCCCCCCC(=O)O[C@H]1CS[C@@H]2c3c(OC(C)=O)c(C)c4c(c3[C@H](COC1=O)N1C2[C@H]2c3c(cc(C)c(OC)c3O)C[C@@H]([C@@H]1C#N)N2C)OCO4. The minimum atomic E-state index is -1.20. The Morgan fingerprint density at radius 1 is 0.934 bits per heavy atom. The number of benzene rings is 2. The number of nitriles is 1. The van der Waals surface area contributed by atoms with Gasteiger partial charge in [-0.3, -0.25) is 19.4 Å². The number of thioether (sulfide) groups is 1. The number of hydrogen-bond acceptors (Lipinski definition) is 14. The van der Waals surface area contributed by atoms with Crippen LogP contribution < -0.4 is 18.9 Å². The number of nitrogens with zero attached hydrogens (tertiary/aromatic N) is 3. The largest absolute Gasteiger partial charge is 0.504 e. The molecular weight excluding hydrogens is 799 g/mol. The summed E-state index contributed by atoms with van der Waals surface area (Å²) in [5, 5.41) is 22.5. The minimum absolute atomic E-state index is 0.0302. The average Bonchev–Trinajstić information content (AvgIpc) is 3.72. The van der Waals surface area contributed by atoms with Crippen molar-refractivity contribution < 1.29 is 47.9 Å². The summed E-state index contributed by atoms with van der Waals surface area (Å²) < 4.78 is 36.0. The van der Waals surface area contributed by atoms with Gasteiger partial charge in [-0.2, -0.15) is 5.26 Å². The van der Waals surface area contributed by atoms with Crippen LogP contribution in [-0.2, 0) is 30.3 Å². The first-order valence-electron chi connectivity index (χ1n) is 22.4. The van der Waals surface area contributed by atoms with Gasteiger partial charge in [0.25, 0.3) is 0 Å². The second-order valence-electron chi connectivity index (χ2n) is 17.4. The molecule has 2 aromatic rings. The van der Waals surface area contributed by atoms with E-state index in [1.807, 2.05) is 27.0 Å². The second-order valence-corrected chi connectivity index (χ2v) is 18.5. The fraction of sp³-hybridized carbons (Fsp3) is 0.660. The van der Waals surface area contributed by atoms with Crippen molar-refractivity contribution in [3.63, 3.8) is 0 Å². The molecule has 2 aromatic carbocycles. The van der Waals surface area contributed by atoms with Crippen LogP contribution in [0, 0.1) is 25.2 Å². The Balaban J connectivity index is 1.16. The summed E-state index contributed by atoms with van der Waals surface area (Å²) >= 11 is 1.38. The van der Waals surface area contributed by atoms with Crippen molar-refractivity contribution >= 4 is 29.7 Å². The van der Waals surface area contributed by atoms with Gasteiger partial charge in [0.15, 0.2) is 23.0 Å². The first-order valence-corrected chi connectivity index (χ1v) is 23.5. The van der Waals surface area contributed by atoms with E-state index in [0.717, 1.165) is 30.4 Å². The van der Waals surface area contributed by atoms with Crippen molar-refractivity contribution in [2.45, 2.75) is 166 Å². The molecule has 0 radical (unpaired) electrons. The van der Waals surface area contributed by atoms with Crippen molar-refractivity contribution in [2.75, 3.05) is 33.3 Å². The third-order valence-electron chi connectivity index (χ3n) is 13.4. The predicted molar refractivity (Wildman–Crippen MR) is 230 cm³/mol. The van der Waals surface area contributed by atoms with Crippen LogP contribution in [0.5, 0.6) is 28.7 Å². The number of aryl methyl sites for hydroxylation is 1. The van der Waals surface area contributed by atoms with E-state index in [2.05, 4.69) is 22.8 Å². The number of ether oxygens (including phenoxy) is 6. The molecule has 7 atom stereocenters. The molecule has 14 heteroatoms. The Morgan fingerprint density at radius 3 is 2.23 bits per heavy atom. The molecule has 4 bridgehead atoms. The van der Waals surface area contributed by atoms with Gasteiger partial charge < -0.3 is 33.5 Å². The molecule has 6 aliphatic heterocycles. The average molecular weight is 862 g/mol. The van der Waals surface area contributed by atoms with E-state index in [9.17, 15) is 24.8 Å². The number of aromatic hydroxyl groups is 1. The number of carbonyl (C=O) groups excluding carboxylic acids is 3. The number of carbonyl (C=O) groups is 3. The van der Waals surface area contributed by atoms with Crippen LogP contribution >= 0.6 is 11.8 Å². The quantitative estimate of drug-likeness (QED) is 0.0916. The molecule has 2 saturated heterocycles. The number of fused-ring (bicyclic) bond motifs is 10. The number of unbranched alkanes of at least 4 members (excludes halogenated alkanes) is 12. The summed E-state index contributed by atoms with van der Waals surface area (Å²) in [5.41, 5.74) is 4.28. The van der Waals surface area contributed by atoms with E-state index in [-0.39, 0.29) is 37.4 Å². The molecule has 0 aromatic heterocycles. The van der Waals surface area contributed by atoms with Crippen molar-refractivity contribution in [3.8, 4) is 34.8 Å². The predicted octanol–water partition coefficient (Wildman–Crippen LogP) is 8.62. The normalized spacial score (nSPS) is 25.1. The highest BCUT2D eigenvalue weighted by atomic mass is 32.2. The van der Waals surface area contributed by atoms with Gasteiger partial charge in [-0.25, -0.2) is 4.79 Å². The van der Waals surface area contributed by atoms with Gasteiger partial charge in [0.1, 0.15) is 18.4 Å². The van der Waals surface area contributed by atoms with Crippen LogP contribution in [0.1, 0.15) is 154 Å². The number of methoxy groups -OCH3 is 1. The lowest BCUT2D eigenvalue weighted by Gasteiger charge is -2.61. The molecule has 2 fully saturated rings. The lowest BCUT2D eigenvalue weighted by atomic mass is 9.71. The number of likely N-dealkylation sites (N-methyl/N-ethyl adjacent to an activating group) is 1. The summed E-state index contributed by atoms with van der Waals surface area (Å²) in [6, 6.07) is 1.89. The van der Waals surface area contributed by atoms with Crippen LogP contribution in [0.3, 0.4) is 0 Å². The molecule has 1 N–H and O–H groups in total. The summed E-state index contributed by atoms with van der Waals surface area (Å²) in [6.45, 7) is 7.03. The number of phenolic OH excluding ortho intramolecular Hbond substituents is 1. The Morgan fingerprint density at radius 2 is 1.59 bits per heavy atom. The number of rotatable bonds is 17. The first kappa shape index (κ1) is 44.9. The molecule has 332 valence electrons. The highest BCUT2D eigenvalue weighted by Crippen LogP contribution is 2.64. The molecular formula is C47H63N3O10S.